The zero-order chi connectivity index (χ0) is 10.3. The minimum absolute atomic E-state index is 0.479. The first kappa shape index (κ1) is 9.43. The summed E-state index contributed by atoms with van der Waals surface area (Å²) in [5.41, 5.74) is 1.13. The van der Waals surface area contributed by atoms with Gasteiger partial charge in [0.05, 0.1) is 4.24 Å². The van der Waals surface area contributed by atoms with Gasteiger partial charge in [-0.05, 0) is 17.0 Å². The van der Waals surface area contributed by atoms with Crippen LogP contribution in [0.25, 0.3) is 11.2 Å². The lowest BCUT2D eigenvalue weighted by atomic mass is 10.1. The van der Waals surface area contributed by atoms with Crippen molar-refractivity contribution in [3.05, 3.63) is 44.5 Å². The summed E-state index contributed by atoms with van der Waals surface area (Å²) in [5, 5.41) is 14.4. The van der Waals surface area contributed by atoms with E-state index in [1.807, 2.05) is 36.0 Å². The molecule has 0 amide bonds. The molecule has 3 heteroatoms. The molecule has 0 spiro atoms. The highest BCUT2D eigenvalue weighted by Crippen LogP contribution is 2.43. The Balaban J connectivity index is 2.35. The third-order valence-corrected chi connectivity index (χ3v) is 5.02. The molecule has 15 heavy (non-hydrogen) atoms. The van der Waals surface area contributed by atoms with E-state index < -0.39 is 0 Å². The Bertz CT molecular complexity index is 557. The fraction of sp³-hybridized carbons (Fsp3) is 0.167. The van der Waals surface area contributed by atoms with Gasteiger partial charge in [-0.25, -0.2) is 0 Å². The van der Waals surface area contributed by atoms with Crippen molar-refractivity contribution in [1.29, 1.82) is 0 Å². The summed E-state index contributed by atoms with van der Waals surface area (Å²) in [7, 11) is 0. The molecule has 0 atom stereocenters. The smallest absolute Gasteiger partial charge is 0.128 e. The third-order valence-electron chi connectivity index (χ3n) is 2.63. The van der Waals surface area contributed by atoms with Crippen LogP contribution in [0, 0.1) is 0 Å². The second-order valence-corrected chi connectivity index (χ2v) is 5.78. The van der Waals surface area contributed by atoms with Gasteiger partial charge in [-0.3, -0.25) is 0 Å². The number of rotatable bonds is 0. The van der Waals surface area contributed by atoms with E-state index in [9.17, 15) is 5.11 Å². The molecule has 0 aromatic heterocycles. The molecule has 0 bridgehead atoms. The van der Waals surface area contributed by atoms with Crippen LogP contribution in [0.4, 0.5) is 0 Å². The predicted octanol–water partition coefficient (Wildman–Crippen LogP) is 2.19. The topological polar surface area (TPSA) is 20.2 Å². The number of aliphatic hydroxyl groups excluding tert-OH is 1. The van der Waals surface area contributed by atoms with Crippen molar-refractivity contribution in [3.63, 3.8) is 0 Å². The fourth-order valence-corrected chi connectivity index (χ4v) is 4.16. The zero-order valence-electron chi connectivity index (χ0n) is 8.06. The molecule has 1 nitrogen and oxygen atoms in total. The van der Waals surface area contributed by atoms with Crippen molar-refractivity contribution in [3.8, 4) is 0 Å². The van der Waals surface area contributed by atoms with Gasteiger partial charge in [0.1, 0.15) is 5.76 Å². The van der Waals surface area contributed by atoms with Crippen LogP contribution in [-0.4, -0.2) is 10.9 Å². The van der Waals surface area contributed by atoms with E-state index >= 15 is 0 Å². The monoisotopic (exact) mass is 234 g/mol. The summed E-state index contributed by atoms with van der Waals surface area (Å²) in [6.45, 7) is 0. The van der Waals surface area contributed by atoms with Crippen LogP contribution in [0.15, 0.2) is 34.1 Å². The Kier molecular flexibility index (Phi) is 2.29. The molecule has 0 unspecified atom stereocenters. The molecule has 2 aliphatic rings. The second-order valence-electron chi connectivity index (χ2n) is 3.54. The largest absolute Gasteiger partial charge is 0.507 e. The first-order valence-electron chi connectivity index (χ1n) is 4.88. The molecule has 1 aromatic rings. The first-order valence-corrected chi connectivity index (χ1v) is 6.74. The summed E-state index contributed by atoms with van der Waals surface area (Å²) in [5.74, 6) is 1.57. The number of benzene rings is 1. The summed E-state index contributed by atoms with van der Waals surface area (Å²) in [6, 6.07) is 8.01. The Morgan fingerprint density at radius 3 is 3.00 bits per heavy atom. The van der Waals surface area contributed by atoms with Crippen LogP contribution in [0.2, 0.25) is 0 Å². The van der Waals surface area contributed by atoms with Crippen LogP contribution in [0.1, 0.15) is 6.42 Å². The lowest BCUT2D eigenvalue weighted by Gasteiger charge is -2.00. The van der Waals surface area contributed by atoms with Crippen molar-refractivity contribution in [2.24, 2.45) is 0 Å². The maximum atomic E-state index is 10.2. The molecular weight excluding hydrogens is 224 g/mol. The van der Waals surface area contributed by atoms with Gasteiger partial charge in [0.25, 0.3) is 0 Å². The lowest BCUT2D eigenvalue weighted by molar-refractivity contribution is 0.502. The number of hydrogen-bond donors (Lipinski definition) is 1. The number of aliphatic hydroxyl groups is 1. The number of thioether (sulfide) groups is 2. The summed E-state index contributed by atoms with van der Waals surface area (Å²) < 4.78 is 1.27. The van der Waals surface area contributed by atoms with E-state index in [0.29, 0.717) is 5.76 Å². The highest BCUT2D eigenvalue weighted by Gasteiger charge is 2.20. The molecule has 0 saturated heterocycles. The molecule has 76 valence electrons. The average molecular weight is 234 g/mol. The summed E-state index contributed by atoms with van der Waals surface area (Å²) in [4.78, 5) is 0. The zero-order valence-corrected chi connectivity index (χ0v) is 9.70. The SMILES string of the molecule is OC1=c2ccccc2=CSC2=C1CCS2. The van der Waals surface area contributed by atoms with E-state index in [0.717, 1.165) is 28.2 Å². The van der Waals surface area contributed by atoms with Crippen molar-refractivity contribution < 1.29 is 5.11 Å². The highest BCUT2D eigenvalue weighted by atomic mass is 32.2. The van der Waals surface area contributed by atoms with Gasteiger partial charge in [-0.15, -0.1) is 11.8 Å². The lowest BCUT2D eigenvalue weighted by Crippen LogP contribution is -2.25. The predicted molar refractivity (Wildman–Crippen MR) is 67.9 cm³/mol. The Labute approximate surface area is 96.6 Å². The minimum Gasteiger partial charge on any atom is -0.507 e. The van der Waals surface area contributed by atoms with Gasteiger partial charge in [0.2, 0.25) is 0 Å². The van der Waals surface area contributed by atoms with E-state index in [4.69, 9.17) is 0 Å². The third kappa shape index (κ3) is 1.50. The maximum absolute atomic E-state index is 10.2. The molecule has 0 radical (unpaired) electrons. The van der Waals surface area contributed by atoms with E-state index in [2.05, 4.69) is 5.41 Å². The number of fused-ring (bicyclic) bond motifs is 1. The quantitative estimate of drug-likeness (QED) is 0.743. The van der Waals surface area contributed by atoms with Gasteiger partial charge < -0.3 is 5.11 Å². The highest BCUT2D eigenvalue weighted by molar-refractivity contribution is 8.25. The van der Waals surface area contributed by atoms with Crippen molar-refractivity contribution in [1.82, 2.24) is 0 Å². The minimum atomic E-state index is 0.479. The van der Waals surface area contributed by atoms with Gasteiger partial charge >= 0.3 is 0 Å². The number of hydrogen-bond acceptors (Lipinski definition) is 3. The fourth-order valence-electron chi connectivity index (χ4n) is 1.85. The average Bonchev–Trinajstić information content (AvgIpc) is 2.69. The van der Waals surface area contributed by atoms with Crippen LogP contribution < -0.4 is 10.4 Å². The van der Waals surface area contributed by atoms with Crippen LogP contribution in [0.3, 0.4) is 0 Å². The second kappa shape index (κ2) is 3.65. The molecule has 2 heterocycles. The van der Waals surface area contributed by atoms with Crippen LogP contribution >= 0.6 is 23.5 Å². The van der Waals surface area contributed by atoms with E-state index in [1.54, 1.807) is 11.8 Å². The van der Waals surface area contributed by atoms with E-state index in [1.165, 1.54) is 4.24 Å². The summed E-state index contributed by atoms with van der Waals surface area (Å²) >= 11 is 3.58. The molecule has 1 N–H and O–H groups in total. The van der Waals surface area contributed by atoms with Gasteiger partial charge in [-0.1, -0.05) is 36.0 Å². The van der Waals surface area contributed by atoms with Gasteiger partial charge in [-0.2, -0.15) is 0 Å². The molecule has 0 saturated carbocycles. The standard InChI is InChI=1S/C12H10OS2/c13-11-9-4-2-1-3-8(9)7-15-12-10(11)5-6-14-12/h1-4,7,13H,5-6H2. The van der Waals surface area contributed by atoms with Crippen LogP contribution in [-0.2, 0) is 0 Å². The summed E-state index contributed by atoms with van der Waals surface area (Å²) in [6.07, 6.45) is 0.987. The van der Waals surface area contributed by atoms with Gasteiger partial charge in [0.15, 0.2) is 0 Å². The maximum Gasteiger partial charge on any atom is 0.128 e. The van der Waals surface area contributed by atoms with Crippen molar-refractivity contribution >= 4 is 34.7 Å². The Morgan fingerprint density at radius 1 is 1.20 bits per heavy atom. The van der Waals surface area contributed by atoms with Crippen molar-refractivity contribution in [2.45, 2.75) is 6.42 Å². The first-order chi connectivity index (χ1) is 7.36. The Hall–Kier alpha value is -0.800. The van der Waals surface area contributed by atoms with E-state index in [-0.39, 0.29) is 0 Å². The van der Waals surface area contributed by atoms with Crippen molar-refractivity contribution in [2.75, 3.05) is 5.75 Å². The normalized spacial score (nSPS) is 19.3. The molecule has 0 fully saturated rings. The molecule has 1 aromatic carbocycles. The molecule has 0 aliphatic carbocycles. The van der Waals surface area contributed by atoms with Gasteiger partial charge in [0, 0.05) is 16.5 Å². The molecule has 3 rings (SSSR count). The Morgan fingerprint density at radius 2 is 2.07 bits per heavy atom. The van der Waals surface area contributed by atoms with Crippen LogP contribution in [0.5, 0.6) is 0 Å². The molecule has 2 aliphatic heterocycles. The molecular formula is C12H10OS2.